The van der Waals surface area contributed by atoms with Gasteiger partial charge < -0.3 is 28.7 Å². The molecule has 2 bridgehead atoms. The number of carbonyl (C=O) groups is 4. The van der Waals surface area contributed by atoms with Crippen molar-refractivity contribution in [2.24, 2.45) is 0 Å². The van der Waals surface area contributed by atoms with Crippen LogP contribution < -0.4 is 14.4 Å². The fourth-order valence-electron chi connectivity index (χ4n) is 5.84. The van der Waals surface area contributed by atoms with Gasteiger partial charge in [-0.1, -0.05) is 22.4 Å². The molecule has 5 aliphatic heterocycles. The van der Waals surface area contributed by atoms with Gasteiger partial charge >= 0.3 is 11.9 Å². The highest BCUT2D eigenvalue weighted by atomic mass is 35.5. The zero-order valence-corrected chi connectivity index (χ0v) is 23.9. The van der Waals surface area contributed by atoms with Gasteiger partial charge in [-0.2, -0.15) is 0 Å². The summed E-state index contributed by atoms with van der Waals surface area (Å²) in [7, 11) is 9.98. The topological polar surface area (TPSA) is 115 Å². The molecule has 15 heteroatoms. The number of ether oxygens (including phenoxy) is 4. The van der Waals surface area contributed by atoms with E-state index in [0.29, 0.717) is 17.0 Å². The summed E-state index contributed by atoms with van der Waals surface area (Å²) < 4.78 is 23.2. The second-order valence-electron chi connectivity index (χ2n) is 8.95. The first-order valence-electron chi connectivity index (χ1n) is 11.1. The van der Waals surface area contributed by atoms with Gasteiger partial charge in [0.25, 0.3) is 5.91 Å². The molecule has 1 aromatic carbocycles. The molecule has 0 saturated carbocycles. The van der Waals surface area contributed by atoms with Crippen LogP contribution in [0.3, 0.4) is 0 Å². The number of methoxy groups -OCH3 is 2. The number of rotatable bonds is 4. The number of esters is 2. The number of amides is 2. The lowest BCUT2D eigenvalue weighted by molar-refractivity contribution is -0.185. The fraction of sp³-hybridized carbons (Fsp3) is 0.545. The van der Waals surface area contributed by atoms with Crippen molar-refractivity contribution >= 4 is 72.5 Å². The summed E-state index contributed by atoms with van der Waals surface area (Å²) in [6, 6.07) is 0.783. The Kier molecular flexibility index (Phi) is 6.40. The van der Waals surface area contributed by atoms with E-state index in [1.807, 2.05) is 0 Å². The van der Waals surface area contributed by atoms with Crippen molar-refractivity contribution in [2.75, 3.05) is 39.0 Å². The fourth-order valence-corrected chi connectivity index (χ4v) is 11.2. The molecule has 37 heavy (non-hydrogen) atoms. The predicted octanol–water partition coefficient (Wildman–Crippen LogP) is 2.25. The number of nitrogens with zero attached hydrogens (tertiary/aromatic N) is 3. The highest BCUT2D eigenvalue weighted by Gasteiger charge is 2.82. The van der Waals surface area contributed by atoms with Gasteiger partial charge in [0.2, 0.25) is 16.4 Å². The molecule has 6 rings (SSSR count). The van der Waals surface area contributed by atoms with E-state index in [4.69, 9.17) is 30.5 Å². The number of likely N-dealkylation sites (N-methyl/N-ethyl adjacent to an activating group) is 2. The number of piperazine rings is 1. The van der Waals surface area contributed by atoms with E-state index in [-0.39, 0.29) is 22.4 Å². The molecule has 4 saturated heterocycles. The van der Waals surface area contributed by atoms with Crippen LogP contribution >= 0.6 is 43.0 Å². The Hall–Kier alpha value is -2.16. The average Bonchev–Trinajstić information content (AvgIpc) is 3.19. The lowest BCUT2D eigenvalue weighted by Gasteiger charge is -2.51. The highest BCUT2D eigenvalue weighted by Crippen LogP contribution is 2.68. The summed E-state index contributed by atoms with van der Waals surface area (Å²) in [5.74, 6) is -1.34. The lowest BCUT2D eigenvalue weighted by atomic mass is 9.86. The number of benzene rings is 1. The predicted molar refractivity (Wildman–Crippen MR) is 140 cm³/mol. The third-order valence-electron chi connectivity index (χ3n) is 7.09. The molecular formula is C22H24ClN3O8S3. The van der Waals surface area contributed by atoms with Gasteiger partial charge in [-0.05, 0) is 26.7 Å². The Morgan fingerprint density at radius 3 is 2.35 bits per heavy atom. The minimum absolute atomic E-state index is 0.147. The third-order valence-corrected chi connectivity index (χ3v) is 12.0. The largest absolute Gasteiger partial charge is 0.491 e. The Morgan fingerprint density at radius 1 is 1.08 bits per heavy atom. The van der Waals surface area contributed by atoms with Crippen LogP contribution in [0, 0.1) is 0 Å². The van der Waals surface area contributed by atoms with Crippen molar-refractivity contribution < 1.29 is 38.1 Å². The van der Waals surface area contributed by atoms with Gasteiger partial charge in [-0.3, -0.25) is 24.1 Å². The molecule has 0 radical (unpaired) electrons. The molecule has 200 valence electrons. The first-order chi connectivity index (χ1) is 17.5. The second-order valence-corrected chi connectivity index (χ2v) is 13.7. The molecule has 1 spiro atoms. The molecule has 0 aliphatic carbocycles. The summed E-state index contributed by atoms with van der Waals surface area (Å²) in [5, 5.41) is 0.147. The SMILES string of the molecule is COc1c(Cl)cc2c(c1OC)N(C)[C@@H]1N3C(=O)[C@H]4CSSSC3(C(=O)N4C)[C@H](OC(C)=O)[C@]21OC(C)=O. The van der Waals surface area contributed by atoms with E-state index in [0.717, 1.165) is 10.8 Å². The number of carbonyl (C=O) groups excluding carboxylic acids is 4. The second kappa shape index (κ2) is 8.95. The van der Waals surface area contributed by atoms with Gasteiger partial charge in [0.05, 0.1) is 24.9 Å². The first kappa shape index (κ1) is 26.4. The van der Waals surface area contributed by atoms with Crippen LogP contribution in [0.5, 0.6) is 11.5 Å². The van der Waals surface area contributed by atoms with Crippen molar-refractivity contribution in [3.8, 4) is 11.5 Å². The van der Waals surface area contributed by atoms with Gasteiger partial charge in [0.1, 0.15) is 6.04 Å². The van der Waals surface area contributed by atoms with Crippen LogP contribution in [0.15, 0.2) is 6.07 Å². The van der Waals surface area contributed by atoms with E-state index < -0.39 is 46.6 Å². The first-order valence-corrected chi connectivity index (χ1v) is 15.1. The molecule has 5 heterocycles. The Balaban J connectivity index is 1.91. The Bertz CT molecular complexity index is 1240. The molecule has 5 atom stereocenters. The van der Waals surface area contributed by atoms with Crippen LogP contribution in [0.2, 0.25) is 5.02 Å². The molecular weight excluding hydrogens is 566 g/mol. The maximum atomic E-state index is 14.1. The molecule has 1 aromatic rings. The normalized spacial score (nSPS) is 31.9. The van der Waals surface area contributed by atoms with Crippen LogP contribution in [0.4, 0.5) is 5.69 Å². The highest BCUT2D eigenvalue weighted by molar-refractivity contribution is 9.09. The zero-order chi connectivity index (χ0) is 27.0. The minimum atomic E-state index is -1.81. The van der Waals surface area contributed by atoms with E-state index in [2.05, 4.69) is 0 Å². The van der Waals surface area contributed by atoms with Crippen molar-refractivity contribution in [2.45, 2.75) is 42.6 Å². The van der Waals surface area contributed by atoms with E-state index in [1.165, 1.54) is 58.5 Å². The number of anilines is 1. The number of fused-ring (bicyclic) bond motifs is 7. The van der Waals surface area contributed by atoms with Crippen molar-refractivity contribution in [3.05, 3.63) is 16.7 Å². The molecule has 4 fully saturated rings. The summed E-state index contributed by atoms with van der Waals surface area (Å²) in [6.07, 6.45) is -2.48. The van der Waals surface area contributed by atoms with Crippen LogP contribution in [-0.2, 0) is 34.3 Å². The van der Waals surface area contributed by atoms with Gasteiger partial charge in [-0.15, -0.1) is 0 Å². The van der Waals surface area contributed by atoms with Crippen LogP contribution in [0.25, 0.3) is 0 Å². The van der Waals surface area contributed by atoms with Crippen LogP contribution in [-0.4, -0.2) is 90.8 Å². The molecule has 0 N–H and O–H groups in total. The smallest absolute Gasteiger partial charge is 0.303 e. The monoisotopic (exact) mass is 589 g/mol. The molecule has 1 unspecified atom stereocenters. The van der Waals surface area contributed by atoms with Gasteiger partial charge in [0.15, 0.2) is 23.8 Å². The molecule has 5 aliphatic rings. The van der Waals surface area contributed by atoms with Gasteiger partial charge in [0, 0.05) is 39.3 Å². The molecule has 2 amide bonds. The number of hydrogen-bond donors (Lipinski definition) is 0. The van der Waals surface area contributed by atoms with E-state index >= 15 is 0 Å². The summed E-state index contributed by atoms with van der Waals surface area (Å²) in [6.45, 7) is 2.42. The lowest BCUT2D eigenvalue weighted by Crippen LogP contribution is -2.73. The van der Waals surface area contributed by atoms with Gasteiger partial charge in [-0.25, -0.2) is 0 Å². The zero-order valence-electron chi connectivity index (χ0n) is 20.7. The van der Waals surface area contributed by atoms with Crippen LogP contribution in [0.1, 0.15) is 19.4 Å². The van der Waals surface area contributed by atoms with Crippen molar-refractivity contribution in [1.82, 2.24) is 9.80 Å². The Labute approximate surface area is 229 Å². The molecule has 11 nitrogen and oxygen atoms in total. The summed E-state index contributed by atoms with van der Waals surface area (Å²) in [5.41, 5.74) is -1.05. The minimum Gasteiger partial charge on any atom is -0.491 e. The maximum Gasteiger partial charge on any atom is 0.303 e. The standard InChI is InChI=1S/C22H24ClN3O8S3/c1-9(27)33-18-21(34-10(2)28)11-7-12(23)15(31-5)16(32-6)14(11)25(4)19(21)26-17(29)13-8-35-37-36-22(18,26)20(30)24(13)3/h7,13,18-19H,8H2,1-6H3/t13-,18-,19-,21-,22?/m1/s1. The van der Waals surface area contributed by atoms with E-state index in [1.54, 1.807) is 25.1 Å². The summed E-state index contributed by atoms with van der Waals surface area (Å²) in [4.78, 5) is 56.4. The number of halogens is 1. The quantitative estimate of drug-likeness (QED) is 0.379. The van der Waals surface area contributed by atoms with Crippen molar-refractivity contribution in [1.29, 1.82) is 0 Å². The van der Waals surface area contributed by atoms with Crippen molar-refractivity contribution in [3.63, 3.8) is 0 Å². The summed E-state index contributed by atoms with van der Waals surface area (Å²) >= 11 is 6.60. The molecule has 0 aromatic heterocycles. The average molecular weight is 590 g/mol. The Morgan fingerprint density at radius 2 is 1.76 bits per heavy atom. The number of hydrogen-bond acceptors (Lipinski definition) is 12. The van der Waals surface area contributed by atoms with E-state index in [9.17, 15) is 19.2 Å². The third kappa shape index (κ3) is 3.24. The maximum absolute atomic E-state index is 14.1.